The number of benzene rings is 2. The van der Waals surface area contributed by atoms with Crippen molar-refractivity contribution in [1.82, 2.24) is 0 Å². The van der Waals surface area contributed by atoms with Crippen LogP contribution in [0.5, 0.6) is 17.2 Å². The van der Waals surface area contributed by atoms with Crippen LogP contribution in [0.1, 0.15) is 21.5 Å². The lowest BCUT2D eigenvalue weighted by Gasteiger charge is -2.13. The Morgan fingerprint density at radius 1 is 1.16 bits per heavy atom. The molecule has 0 aliphatic heterocycles. The molecule has 0 bridgehead atoms. The van der Waals surface area contributed by atoms with Gasteiger partial charge in [-0.1, -0.05) is 30.3 Å². The van der Waals surface area contributed by atoms with Gasteiger partial charge < -0.3 is 14.9 Å². The maximum Gasteiger partial charge on any atom is 0.157 e. The lowest BCUT2D eigenvalue weighted by Crippen LogP contribution is -2.00. The molecule has 2 N–H and O–H groups in total. The van der Waals surface area contributed by atoms with Crippen molar-refractivity contribution in [1.29, 1.82) is 0 Å². The zero-order valence-electron chi connectivity index (χ0n) is 10.5. The molecule has 0 fully saturated rings. The van der Waals surface area contributed by atoms with Gasteiger partial charge in [-0.3, -0.25) is 4.79 Å². The van der Waals surface area contributed by atoms with Crippen molar-refractivity contribution in [2.75, 3.05) is 0 Å². The molecule has 0 saturated carbocycles. The maximum atomic E-state index is 11.0. The normalized spacial score (nSPS) is 10.2. The van der Waals surface area contributed by atoms with E-state index in [0.29, 0.717) is 11.8 Å². The molecule has 0 aliphatic rings. The molecule has 0 radical (unpaired) electrons. The number of ether oxygens (including phenoxy) is 1. The Hall–Kier alpha value is -2.49. The lowest BCUT2D eigenvalue weighted by atomic mass is 10.1. The zero-order valence-corrected chi connectivity index (χ0v) is 10.5. The topological polar surface area (TPSA) is 66.8 Å². The van der Waals surface area contributed by atoms with Crippen molar-refractivity contribution in [3.8, 4) is 17.2 Å². The second-order valence-electron chi connectivity index (χ2n) is 4.17. The SMILES string of the molecule is Cc1c(O)cc(O)c(C=O)c1OCc1ccccc1. The Kier molecular flexibility index (Phi) is 3.71. The molecule has 0 unspecified atom stereocenters. The number of hydrogen-bond acceptors (Lipinski definition) is 4. The second-order valence-corrected chi connectivity index (χ2v) is 4.17. The molecule has 0 spiro atoms. The maximum absolute atomic E-state index is 11.0. The van der Waals surface area contributed by atoms with Gasteiger partial charge in [-0.05, 0) is 12.5 Å². The molecule has 0 amide bonds. The minimum absolute atomic E-state index is 0.0474. The summed E-state index contributed by atoms with van der Waals surface area (Å²) in [6.45, 7) is 1.88. The van der Waals surface area contributed by atoms with E-state index in [1.165, 1.54) is 0 Å². The van der Waals surface area contributed by atoms with Crippen LogP contribution in [0, 0.1) is 6.92 Å². The molecule has 2 aromatic rings. The fourth-order valence-corrected chi connectivity index (χ4v) is 1.78. The third kappa shape index (κ3) is 2.68. The van der Waals surface area contributed by atoms with Gasteiger partial charge in [-0.25, -0.2) is 0 Å². The van der Waals surface area contributed by atoms with Crippen LogP contribution in [0.4, 0.5) is 0 Å². The van der Waals surface area contributed by atoms with E-state index >= 15 is 0 Å². The highest BCUT2D eigenvalue weighted by Crippen LogP contribution is 2.36. The van der Waals surface area contributed by atoms with Crippen molar-refractivity contribution in [3.05, 3.63) is 53.1 Å². The third-order valence-corrected chi connectivity index (χ3v) is 2.86. The largest absolute Gasteiger partial charge is 0.507 e. The first-order valence-corrected chi connectivity index (χ1v) is 5.81. The number of aromatic hydroxyl groups is 2. The van der Waals surface area contributed by atoms with Crippen LogP contribution in [-0.4, -0.2) is 16.5 Å². The number of carbonyl (C=O) groups excluding carboxylic acids is 1. The molecule has 0 aromatic heterocycles. The smallest absolute Gasteiger partial charge is 0.157 e. The molecule has 19 heavy (non-hydrogen) atoms. The minimum Gasteiger partial charge on any atom is -0.507 e. The van der Waals surface area contributed by atoms with Crippen molar-refractivity contribution in [2.45, 2.75) is 13.5 Å². The van der Waals surface area contributed by atoms with Gasteiger partial charge in [-0.2, -0.15) is 0 Å². The highest BCUT2D eigenvalue weighted by molar-refractivity contribution is 5.85. The summed E-state index contributed by atoms with van der Waals surface area (Å²) in [5.41, 5.74) is 1.41. The Balaban J connectivity index is 2.31. The first-order chi connectivity index (χ1) is 9.13. The summed E-state index contributed by atoms with van der Waals surface area (Å²) in [5.74, 6) is -0.191. The van der Waals surface area contributed by atoms with E-state index in [0.717, 1.165) is 11.6 Å². The summed E-state index contributed by atoms with van der Waals surface area (Å²) >= 11 is 0. The first kappa shape index (κ1) is 13.0. The van der Waals surface area contributed by atoms with Crippen molar-refractivity contribution in [3.63, 3.8) is 0 Å². The predicted octanol–water partition coefficient (Wildman–Crippen LogP) is 2.80. The minimum atomic E-state index is -0.291. The second kappa shape index (κ2) is 5.44. The molecule has 0 saturated heterocycles. The highest BCUT2D eigenvalue weighted by atomic mass is 16.5. The highest BCUT2D eigenvalue weighted by Gasteiger charge is 2.16. The van der Waals surface area contributed by atoms with Crippen molar-refractivity contribution < 1.29 is 19.7 Å². The van der Waals surface area contributed by atoms with Gasteiger partial charge in [0.1, 0.15) is 23.9 Å². The quantitative estimate of drug-likeness (QED) is 0.827. The van der Waals surface area contributed by atoms with Crippen LogP contribution in [0.25, 0.3) is 0 Å². The average Bonchev–Trinajstić information content (AvgIpc) is 2.42. The standard InChI is InChI=1S/C15H14O4/c1-10-13(17)7-14(18)12(8-16)15(10)19-9-11-5-3-2-4-6-11/h2-8,17-18H,9H2,1H3. The fourth-order valence-electron chi connectivity index (χ4n) is 1.78. The van der Waals surface area contributed by atoms with Gasteiger partial charge in [0.25, 0.3) is 0 Å². The zero-order chi connectivity index (χ0) is 13.8. The van der Waals surface area contributed by atoms with Gasteiger partial charge in [0.15, 0.2) is 6.29 Å². The molecular weight excluding hydrogens is 244 g/mol. The molecule has 2 aromatic carbocycles. The summed E-state index contributed by atoms with van der Waals surface area (Å²) in [7, 11) is 0. The van der Waals surface area contributed by atoms with E-state index in [2.05, 4.69) is 0 Å². The van der Waals surface area contributed by atoms with E-state index in [4.69, 9.17) is 4.74 Å². The van der Waals surface area contributed by atoms with E-state index in [1.807, 2.05) is 30.3 Å². The summed E-state index contributed by atoms with van der Waals surface area (Å²) in [5, 5.41) is 19.3. The van der Waals surface area contributed by atoms with Crippen molar-refractivity contribution in [2.24, 2.45) is 0 Å². The average molecular weight is 258 g/mol. The lowest BCUT2D eigenvalue weighted by molar-refractivity contribution is 0.111. The third-order valence-electron chi connectivity index (χ3n) is 2.86. The Bertz CT molecular complexity index is 591. The molecule has 4 nitrogen and oxygen atoms in total. The molecule has 0 atom stereocenters. The number of phenolic OH excluding ortho intramolecular Hbond substituents is 2. The molecule has 2 rings (SSSR count). The number of phenols is 2. The Morgan fingerprint density at radius 2 is 1.84 bits per heavy atom. The summed E-state index contributed by atoms with van der Waals surface area (Å²) in [6.07, 6.45) is 0.516. The van der Waals surface area contributed by atoms with Crippen LogP contribution < -0.4 is 4.74 Å². The first-order valence-electron chi connectivity index (χ1n) is 5.81. The number of carbonyl (C=O) groups is 1. The van der Waals surface area contributed by atoms with Crippen LogP contribution >= 0.6 is 0 Å². The van der Waals surface area contributed by atoms with E-state index in [-0.39, 0.29) is 29.4 Å². The molecule has 0 aliphatic carbocycles. The van der Waals surface area contributed by atoms with Crippen LogP contribution in [0.15, 0.2) is 36.4 Å². The molecule has 98 valence electrons. The van der Waals surface area contributed by atoms with Crippen molar-refractivity contribution >= 4 is 6.29 Å². The Morgan fingerprint density at radius 3 is 2.47 bits per heavy atom. The van der Waals surface area contributed by atoms with Crippen LogP contribution in [0.2, 0.25) is 0 Å². The number of rotatable bonds is 4. The predicted molar refractivity (Wildman–Crippen MR) is 70.7 cm³/mol. The van der Waals surface area contributed by atoms with Gasteiger partial charge in [0.05, 0.1) is 5.56 Å². The van der Waals surface area contributed by atoms with Crippen LogP contribution in [0.3, 0.4) is 0 Å². The number of aldehydes is 1. The van der Waals surface area contributed by atoms with E-state index in [9.17, 15) is 15.0 Å². The summed E-state index contributed by atoms with van der Waals surface area (Å²) in [6, 6.07) is 10.6. The monoisotopic (exact) mass is 258 g/mol. The fraction of sp³-hybridized carbons (Fsp3) is 0.133. The molecule has 0 heterocycles. The molecule has 4 heteroatoms. The molecular formula is C15H14O4. The van der Waals surface area contributed by atoms with Gasteiger partial charge in [-0.15, -0.1) is 0 Å². The van der Waals surface area contributed by atoms with Gasteiger partial charge in [0, 0.05) is 11.6 Å². The van der Waals surface area contributed by atoms with Crippen LogP contribution in [-0.2, 0) is 6.61 Å². The summed E-state index contributed by atoms with van der Waals surface area (Å²) in [4.78, 5) is 11.0. The summed E-state index contributed by atoms with van der Waals surface area (Å²) < 4.78 is 5.56. The van der Waals surface area contributed by atoms with E-state index in [1.54, 1.807) is 6.92 Å². The number of hydrogen-bond donors (Lipinski definition) is 2. The Labute approximate surface area is 110 Å². The van der Waals surface area contributed by atoms with E-state index < -0.39 is 0 Å². The van der Waals surface area contributed by atoms with Gasteiger partial charge in [0.2, 0.25) is 0 Å². The van der Waals surface area contributed by atoms with Gasteiger partial charge >= 0.3 is 0 Å².